The number of likely N-dealkylation sites (tertiary alicyclic amines) is 1. The molecule has 2 aromatic carbocycles. The monoisotopic (exact) mass is 415 g/mol. The molecule has 0 bridgehead atoms. The van der Waals surface area contributed by atoms with Crippen LogP contribution in [0.5, 0.6) is 11.5 Å². The zero-order valence-corrected chi connectivity index (χ0v) is 16.4. The lowest BCUT2D eigenvalue weighted by atomic mass is 10.1. The summed E-state index contributed by atoms with van der Waals surface area (Å²) >= 11 is 0. The van der Waals surface area contributed by atoms with Gasteiger partial charge in [-0.3, -0.25) is 4.79 Å². The number of rotatable bonds is 6. The average molecular weight is 415 g/mol. The smallest absolute Gasteiger partial charge is 0.258 e. The Bertz CT molecular complexity index is 1040. The summed E-state index contributed by atoms with van der Waals surface area (Å²) in [4.78, 5) is 18.4. The first kappa shape index (κ1) is 19.8. The number of nitrogens with zero attached hydrogens (tertiary/aromatic N) is 3. The van der Waals surface area contributed by atoms with Crippen molar-refractivity contribution < 1.29 is 27.6 Å². The third-order valence-corrected chi connectivity index (χ3v) is 4.92. The summed E-state index contributed by atoms with van der Waals surface area (Å²) < 4.78 is 42.7. The van der Waals surface area contributed by atoms with Crippen molar-refractivity contribution in [3.05, 3.63) is 59.4 Å². The van der Waals surface area contributed by atoms with Crippen LogP contribution in [0.1, 0.15) is 23.7 Å². The highest BCUT2D eigenvalue weighted by Crippen LogP contribution is 2.32. The zero-order chi connectivity index (χ0) is 21.3. The summed E-state index contributed by atoms with van der Waals surface area (Å²) in [6, 6.07) is 8.43. The van der Waals surface area contributed by atoms with E-state index in [1.54, 1.807) is 32.4 Å². The Morgan fingerprint density at radius 2 is 1.73 bits per heavy atom. The number of aromatic nitrogens is 2. The number of amides is 1. The van der Waals surface area contributed by atoms with Gasteiger partial charge in [0.15, 0.2) is 5.82 Å². The van der Waals surface area contributed by atoms with E-state index in [0.29, 0.717) is 35.0 Å². The summed E-state index contributed by atoms with van der Waals surface area (Å²) in [7, 11) is 3.09. The Morgan fingerprint density at radius 3 is 2.37 bits per heavy atom. The van der Waals surface area contributed by atoms with Gasteiger partial charge in [0.05, 0.1) is 14.2 Å². The van der Waals surface area contributed by atoms with E-state index >= 15 is 0 Å². The van der Waals surface area contributed by atoms with Crippen molar-refractivity contribution in [3.8, 4) is 23.0 Å². The Balaban J connectivity index is 1.51. The van der Waals surface area contributed by atoms with Gasteiger partial charge in [-0.1, -0.05) is 5.16 Å². The van der Waals surface area contributed by atoms with Gasteiger partial charge < -0.3 is 18.9 Å². The molecular weight excluding hydrogens is 396 g/mol. The molecule has 1 saturated heterocycles. The van der Waals surface area contributed by atoms with Crippen molar-refractivity contribution in [1.82, 2.24) is 15.0 Å². The minimum absolute atomic E-state index is 0.113. The normalized spacial score (nSPS) is 16.2. The fourth-order valence-corrected chi connectivity index (χ4v) is 3.47. The molecule has 1 aliphatic heterocycles. The minimum atomic E-state index is -0.676. The molecule has 0 N–H and O–H groups in total. The molecule has 1 unspecified atom stereocenters. The summed E-state index contributed by atoms with van der Waals surface area (Å²) in [6.07, 6.45) is 0.193. The van der Waals surface area contributed by atoms with Crippen molar-refractivity contribution in [2.45, 2.75) is 18.9 Å². The lowest BCUT2D eigenvalue weighted by Crippen LogP contribution is -2.24. The van der Waals surface area contributed by atoms with Crippen LogP contribution in [0.25, 0.3) is 11.5 Å². The van der Waals surface area contributed by atoms with Gasteiger partial charge in [-0.15, -0.1) is 0 Å². The third kappa shape index (κ3) is 4.10. The van der Waals surface area contributed by atoms with Crippen LogP contribution in [0.4, 0.5) is 8.78 Å². The molecule has 0 radical (unpaired) electrons. The minimum Gasteiger partial charge on any atom is -0.497 e. The number of benzene rings is 2. The van der Waals surface area contributed by atoms with Crippen LogP contribution < -0.4 is 9.47 Å². The number of hydrogen-bond acceptors (Lipinski definition) is 6. The standard InChI is InChI=1S/C21H19F2N3O4/c1-28-17-5-13(6-18(9-17)29-2)21-24-20(25-30-21)14-7-19(27)26(11-14)10-12-3-15(22)8-16(23)4-12/h3-6,8-9,14H,7,10-11H2,1-2H3. The quantitative estimate of drug-likeness (QED) is 0.613. The number of methoxy groups -OCH3 is 2. The predicted molar refractivity (Wildman–Crippen MR) is 102 cm³/mol. The molecule has 9 heteroatoms. The highest BCUT2D eigenvalue weighted by Gasteiger charge is 2.34. The first-order valence-electron chi connectivity index (χ1n) is 9.25. The first-order chi connectivity index (χ1) is 14.4. The second kappa shape index (κ2) is 8.10. The zero-order valence-electron chi connectivity index (χ0n) is 16.4. The molecule has 156 valence electrons. The number of halogens is 2. The van der Waals surface area contributed by atoms with E-state index in [-0.39, 0.29) is 30.7 Å². The van der Waals surface area contributed by atoms with Gasteiger partial charge >= 0.3 is 0 Å². The molecule has 7 nitrogen and oxygen atoms in total. The molecule has 0 saturated carbocycles. The highest BCUT2D eigenvalue weighted by atomic mass is 19.1. The Kier molecular flexibility index (Phi) is 5.35. The average Bonchev–Trinajstić information content (AvgIpc) is 3.34. The second-order valence-electron chi connectivity index (χ2n) is 7.01. The van der Waals surface area contributed by atoms with Gasteiger partial charge in [-0.25, -0.2) is 8.78 Å². The Hall–Kier alpha value is -3.49. The lowest BCUT2D eigenvalue weighted by Gasteiger charge is -2.16. The fourth-order valence-electron chi connectivity index (χ4n) is 3.47. The van der Waals surface area contributed by atoms with E-state index in [0.717, 1.165) is 6.07 Å². The molecule has 1 aromatic heterocycles. The molecule has 1 amide bonds. The van der Waals surface area contributed by atoms with Gasteiger partial charge in [-0.05, 0) is 29.8 Å². The Morgan fingerprint density at radius 1 is 1.07 bits per heavy atom. The molecule has 4 rings (SSSR count). The van der Waals surface area contributed by atoms with Gasteiger partial charge in [0.1, 0.15) is 23.1 Å². The number of hydrogen-bond donors (Lipinski definition) is 0. The third-order valence-electron chi connectivity index (χ3n) is 4.92. The van der Waals surface area contributed by atoms with Crippen molar-refractivity contribution >= 4 is 5.91 Å². The van der Waals surface area contributed by atoms with Crippen molar-refractivity contribution in [1.29, 1.82) is 0 Å². The largest absolute Gasteiger partial charge is 0.497 e. The van der Waals surface area contributed by atoms with E-state index in [2.05, 4.69) is 10.1 Å². The SMILES string of the molecule is COc1cc(OC)cc(-c2nc(C3CC(=O)N(Cc4cc(F)cc(F)c4)C3)no2)c1. The maximum Gasteiger partial charge on any atom is 0.258 e. The maximum absolute atomic E-state index is 13.4. The van der Waals surface area contributed by atoms with E-state index in [9.17, 15) is 13.6 Å². The van der Waals surface area contributed by atoms with Gasteiger partial charge in [0.2, 0.25) is 5.91 Å². The summed E-state index contributed by atoms with van der Waals surface area (Å²) in [5, 5.41) is 4.02. The van der Waals surface area contributed by atoms with Crippen LogP contribution in [-0.4, -0.2) is 41.7 Å². The molecule has 0 spiro atoms. The fraction of sp³-hybridized carbons (Fsp3) is 0.286. The molecule has 30 heavy (non-hydrogen) atoms. The summed E-state index contributed by atoms with van der Waals surface area (Å²) in [6.45, 7) is 0.444. The molecule has 1 atom stereocenters. The van der Waals surface area contributed by atoms with Gasteiger partial charge in [0.25, 0.3) is 5.89 Å². The van der Waals surface area contributed by atoms with Crippen LogP contribution in [0, 0.1) is 11.6 Å². The number of ether oxygens (including phenoxy) is 2. The molecule has 1 fully saturated rings. The molecule has 1 aliphatic rings. The van der Waals surface area contributed by atoms with E-state index < -0.39 is 11.6 Å². The van der Waals surface area contributed by atoms with Crippen molar-refractivity contribution in [3.63, 3.8) is 0 Å². The topological polar surface area (TPSA) is 77.7 Å². The second-order valence-corrected chi connectivity index (χ2v) is 7.01. The van der Waals surface area contributed by atoms with E-state index in [4.69, 9.17) is 14.0 Å². The molecule has 2 heterocycles. The molecule has 0 aliphatic carbocycles. The maximum atomic E-state index is 13.4. The summed E-state index contributed by atoms with van der Waals surface area (Å²) in [5.41, 5.74) is 1.01. The van der Waals surface area contributed by atoms with Crippen LogP contribution in [0.3, 0.4) is 0 Å². The lowest BCUT2D eigenvalue weighted by molar-refractivity contribution is -0.128. The van der Waals surface area contributed by atoms with Crippen LogP contribution in [-0.2, 0) is 11.3 Å². The number of carbonyl (C=O) groups is 1. The van der Waals surface area contributed by atoms with Crippen LogP contribution in [0.2, 0.25) is 0 Å². The van der Waals surface area contributed by atoms with Crippen LogP contribution in [0.15, 0.2) is 40.9 Å². The van der Waals surface area contributed by atoms with Gasteiger partial charge in [0, 0.05) is 43.1 Å². The predicted octanol–water partition coefficient (Wildman–Crippen LogP) is 3.55. The van der Waals surface area contributed by atoms with Gasteiger partial charge in [-0.2, -0.15) is 4.98 Å². The molecule has 3 aromatic rings. The first-order valence-corrected chi connectivity index (χ1v) is 9.25. The van der Waals surface area contributed by atoms with Crippen LogP contribution >= 0.6 is 0 Å². The molecular formula is C21H19F2N3O4. The van der Waals surface area contributed by atoms with Crippen molar-refractivity contribution in [2.75, 3.05) is 20.8 Å². The Labute approximate surface area is 171 Å². The summed E-state index contributed by atoms with van der Waals surface area (Å²) in [5.74, 6) is 0.0603. The van der Waals surface area contributed by atoms with E-state index in [1.807, 2.05) is 0 Å². The number of carbonyl (C=O) groups excluding carboxylic acids is 1. The van der Waals surface area contributed by atoms with Crippen molar-refractivity contribution in [2.24, 2.45) is 0 Å². The highest BCUT2D eigenvalue weighted by molar-refractivity contribution is 5.79. The van der Waals surface area contributed by atoms with E-state index in [1.165, 1.54) is 17.0 Å².